The van der Waals surface area contributed by atoms with Crippen molar-refractivity contribution in [2.75, 3.05) is 0 Å². The molecule has 0 bridgehead atoms. The van der Waals surface area contributed by atoms with Crippen LogP contribution < -0.4 is 5.32 Å². The highest BCUT2D eigenvalue weighted by Gasteiger charge is 2.29. The van der Waals surface area contributed by atoms with Crippen LogP contribution in [0, 0.1) is 0 Å². The summed E-state index contributed by atoms with van der Waals surface area (Å²) in [5, 5.41) is 11.6. The number of halogens is 3. The predicted molar refractivity (Wildman–Crippen MR) is 99.0 cm³/mol. The number of carboxylic acid groups (broad SMARTS) is 1. The molecule has 0 fully saturated rings. The third kappa shape index (κ3) is 9.62. The highest BCUT2D eigenvalue weighted by Crippen LogP contribution is 2.29. The van der Waals surface area contributed by atoms with Crippen molar-refractivity contribution >= 4 is 12.1 Å². The number of nitrogens with one attached hydrogen (secondary N) is 1. The van der Waals surface area contributed by atoms with E-state index in [1.807, 2.05) is 0 Å². The predicted octanol–water partition coefficient (Wildman–Crippen LogP) is 5.18. The van der Waals surface area contributed by atoms with E-state index in [1.165, 1.54) is 12.1 Å². The first-order chi connectivity index (χ1) is 12.9. The molecule has 0 heterocycles. The van der Waals surface area contributed by atoms with Crippen LogP contribution in [-0.2, 0) is 22.1 Å². The van der Waals surface area contributed by atoms with E-state index in [1.54, 1.807) is 20.8 Å². The number of alkyl halides is 3. The van der Waals surface area contributed by atoms with Crippen molar-refractivity contribution in [3.05, 3.63) is 35.4 Å². The zero-order valence-electron chi connectivity index (χ0n) is 16.4. The molecule has 1 rings (SSSR count). The van der Waals surface area contributed by atoms with Crippen molar-refractivity contribution in [2.24, 2.45) is 0 Å². The Labute approximate surface area is 163 Å². The first kappa shape index (κ1) is 23.8. The number of unbranched alkanes of at least 4 members (excludes halogenated alkanes) is 3. The standard InChI is InChI=1S/C20H28F3NO4/c1-19(2,3)28-18(27)24-16(17(25)26)9-7-5-4-6-8-14-10-12-15(13-11-14)20(21,22)23/h10-13,16H,4-9H2,1-3H3,(H,24,27)(H,25,26). The normalized spacial score (nSPS) is 13.1. The van der Waals surface area contributed by atoms with E-state index in [0.717, 1.165) is 37.0 Å². The lowest BCUT2D eigenvalue weighted by Crippen LogP contribution is -2.43. The first-order valence-electron chi connectivity index (χ1n) is 9.27. The average molecular weight is 403 g/mol. The van der Waals surface area contributed by atoms with Crippen LogP contribution in [0.15, 0.2) is 24.3 Å². The van der Waals surface area contributed by atoms with Crippen molar-refractivity contribution in [2.45, 2.75) is 77.1 Å². The zero-order chi connectivity index (χ0) is 21.4. The Kier molecular flexibility index (Phi) is 8.78. The molecule has 2 N–H and O–H groups in total. The molecule has 1 aromatic carbocycles. The topological polar surface area (TPSA) is 75.6 Å². The summed E-state index contributed by atoms with van der Waals surface area (Å²) in [6.07, 6.45) is -1.15. The van der Waals surface area contributed by atoms with E-state index in [0.29, 0.717) is 12.8 Å². The fourth-order valence-corrected chi connectivity index (χ4v) is 2.60. The van der Waals surface area contributed by atoms with E-state index in [2.05, 4.69) is 5.32 Å². The Balaban J connectivity index is 2.29. The van der Waals surface area contributed by atoms with Gasteiger partial charge in [-0.25, -0.2) is 9.59 Å². The molecule has 0 aromatic heterocycles. The summed E-state index contributed by atoms with van der Waals surface area (Å²) in [7, 11) is 0. The van der Waals surface area contributed by atoms with E-state index in [-0.39, 0.29) is 6.42 Å². The van der Waals surface area contributed by atoms with Gasteiger partial charge in [0, 0.05) is 0 Å². The van der Waals surface area contributed by atoms with Gasteiger partial charge in [0.1, 0.15) is 11.6 Å². The molecular weight excluding hydrogens is 375 g/mol. The molecule has 1 atom stereocenters. The minimum absolute atomic E-state index is 0.287. The van der Waals surface area contributed by atoms with E-state index in [4.69, 9.17) is 4.74 Å². The molecule has 1 amide bonds. The maximum atomic E-state index is 12.5. The number of amides is 1. The molecule has 0 radical (unpaired) electrons. The van der Waals surface area contributed by atoms with Crippen LogP contribution in [0.1, 0.15) is 64.0 Å². The maximum Gasteiger partial charge on any atom is 0.416 e. The monoisotopic (exact) mass is 403 g/mol. The molecule has 158 valence electrons. The minimum Gasteiger partial charge on any atom is -0.480 e. The lowest BCUT2D eigenvalue weighted by atomic mass is 10.0. The molecule has 1 aromatic rings. The van der Waals surface area contributed by atoms with Crippen LogP contribution in [0.4, 0.5) is 18.0 Å². The van der Waals surface area contributed by atoms with E-state index < -0.39 is 35.4 Å². The van der Waals surface area contributed by atoms with Crippen LogP contribution in [-0.4, -0.2) is 28.8 Å². The molecule has 0 aliphatic rings. The number of carbonyl (C=O) groups is 2. The second-order valence-electron chi connectivity index (χ2n) is 7.68. The number of ether oxygens (including phenoxy) is 1. The number of hydrogen-bond donors (Lipinski definition) is 2. The number of aliphatic carboxylic acids is 1. The quantitative estimate of drug-likeness (QED) is 0.558. The van der Waals surface area contributed by atoms with Crippen LogP contribution in [0.25, 0.3) is 0 Å². The Morgan fingerprint density at radius 2 is 1.61 bits per heavy atom. The second-order valence-corrected chi connectivity index (χ2v) is 7.68. The molecular formula is C20H28F3NO4. The Morgan fingerprint density at radius 1 is 1.04 bits per heavy atom. The average Bonchev–Trinajstić information content (AvgIpc) is 2.54. The Morgan fingerprint density at radius 3 is 2.11 bits per heavy atom. The van der Waals surface area contributed by atoms with Gasteiger partial charge in [-0.05, 0) is 57.7 Å². The molecule has 0 saturated carbocycles. The molecule has 0 aliphatic carbocycles. The number of alkyl carbamates (subject to hydrolysis) is 1. The summed E-state index contributed by atoms with van der Waals surface area (Å²) < 4.78 is 42.6. The smallest absolute Gasteiger partial charge is 0.416 e. The Hall–Kier alpha value is -2.25. The molecule has 8 heteroatoms. The van der Waals surface area contributed by atoms with Gasteiger partial charge in [-0.15, -0.1) is 0 Å². The highest BCUT2D eigenvalue weighted by molar-refractivity contribution is 5.79. The molecule has 0 saturated heterocycles. The van der Waals surface area contributed by atoms with Gasteiger partial charge in [0.2, 0.25) is 0 Å². The van der Waals surface area contributed by atoms with Crippen LogP contribution >= 0.6 is 0 Å². The van der Waals surface area contributed by atoms with Gasteiger partial charge < -0.3 is 15.2 Å². The van der Waals surface area contributed by atoms with Crippen LogP contribution in [0.3, 0.4) is 0 Å². The summed E-state index contributed by atoms with van der Waals surface area (Å²) in [5.41, 5.74) is -0.526. The van der Waals surface area contributed by atoms with E-state index in [9.17, 15) is 27.9 Å². The van der Waals surface area contributed by atoms with Gasteiger partial charge in [-0.2, -0.15) is 13.2 Å². The largest absolute Gasteiger partial charge is 0.480 e. The third-order valence-corrected chi connectivity index (χ3v) is 3.98. The van der Waals surface area contributed by atoms with Gasteiger partial charge in [0.15, 0.2) is 0 Å². The molecule has 0 aliphatic heterocycles. The molecule has 5 nitrogen and oxygen atoms in total. The van der Waals surface area contributed by atoms with Crippen molar-refractivity contribution in [3.63, 3.8) is 0 Å². The lowest BCUT2D eigenvalue weighted by molar-refractivity contribution is -0.140. The summed E-state index contributed by atoms with van der Waals surface area (Å²) in [4.78, 5) is 22.9. The van der Waals surface area contributed by atoms with Gasteiger partial charge in [0.25, 0.3) is 0 Å². The fourth-order valence-electron chi connectivity index (χ4n) is 2.60. The molecule has 1 unspecified atom stereocenters. The van der Waals surface area contributed by atoms with E-state index >= 15 is 0 Å². The second kappa shape index (κ2) is 10.3. The number of carbonyl (C=O) groups excluding carboxylic acids is 1. The summed E-state index contributed by atoms with van der Waals surface area (Å²) in [5.74, 6) is -1.12. The van der Waals surface area contributed by atoms with Gasteiger partial charge in [0.05, 0.1) is 5.56 Å². The number of carboxylic acids is 1. The zero-order valence-corrected chi connectivity index (χ0v) is 16.4. The summed E-state index contributed by atoms with van der Waals surface area (Å²) in [6, 6.07) is 4.11. The van der Waals surface area contributed by atoms with Crippen LogP contribution in [0.2, 0.25) is 0 Å². The fraction of sp³-hybridized carbons (Fsp3) is 0.600. The number of benzene rings is 1. The number of hydrogen-bond acceptors (Lipinski definition) is 3. The highest BCUT2D eigenvalue weighted by atomic mass is 19.4. The van der Waals surface area contributed by atoms with Crippen molar-refractivity contribution in [3.8, 4) is 0 Å². The minimum atomic E-state index is -4.33. The number of aryl methyl sites for hydroxylation is 1. The summed E-state index contributed by atoms with van der Waals surface area (Å²) >= 11 is 0. The SMILES string of the molecule is CC(C)(C)OC(=O)NC(CCCCCCc1ccc(C(F)(F)F)cc1)C(=O)O. The Bertz CT molecular complexity index is 636. The lowest BCUT2D eigenvalue weighted by Gasteiger charge is -2.22. The van der Waals surface area contributed by atoms with Crippen molar-refractivity contribution in [1.82, 2.24) is 5.32 Å². The molecule has 28 heavy (non-hydrogen) atoms. The van der Waals surface area contributed by atoms with Gasteiger partial charge in [-0.3, -0.25) is 0 Å². The summed E-state index contributed by atoms with van der Waals surface area (Å²) in [6.45, 7) is 5.08. The van der Waals surface area contributed by atoms with Crippen LogP contribution in [0.5, 0.6) is 0 Å². The third-order valence-electron chi connectivity index (χ3n) is 3.98. The first-order valence-corrected chi connectivity index (χ1v) is 9.27. The van der Waals surface area contributed by atoms with Gasteiger partial charge >= 0.3 is 18.2 Å². The van der Waals surface area contributed by atoms with Gasteiger partial charge in [-0.1, -0.05) is 31.4 Å². The van der Waals surface area contributed by atoms with Crippen molar-refractivity contribution < 1.29 is 32.6 Å². The number of rotatable bonds is 9. The molecule has 0 spiro atoms. The maximum absolute atomic E-state index is 12.5. The van der Waals surface area contributed by atoms with Crippen molar-refractivity contribution in [1.29, 1.82) is 0 Å².